The number of alkyl halides is 1. The molecule has 17 heavy (non-hydrogen) atoms. The second kappa shape index (κ2) is 8.53. The van der Waals surface area contributed by atoms with E-state index in [1.807, 2.05) is 0 Å². The van der Waals surface area contributed by atoms with Gasteiger partial charge in [0.15, 0.2) is 0 Å². The topological polar surface area (TPSA) is 3.24 Å². The fourth-order valence-electron chi connectivity index (χ4n) is 2.81. The van der Waals surface area contributed by atoms with Crippen LogP contribution in [-0.2, 0) is 0 Å². The van der Waals surface area contributed by atoms with E-state index in [1.165, 1.54) is 51.7 Å². The SMILES string of the molecule is CC(CCBr)CCN1CCCC(C(C)C)CC1. The molecule has 0 bridgehead atoms. The monoisotopic (exact) mass is 303 g/mol. The van der Waals surface area contributed by atoms with Gasteiger partial charge in [-0.3, -0.25) is 0 Å². The lowest BCUT2D eigenvalue weighted by atomic mass is 9.89. The number of rotatable bonds is 6. The van der Waals surface area contributed by atoms with Crippen LogP contribution in [0.15, 0.2) is 0 Å². The normalized spacial score (nSPS) is 24.9. The van der Waals surface area contributed by atoms with E-state index in [4.69, 9.17) is 0 Å². The van der Waals surface area contributed by atoms with Crippen molar-refractivity contribution in [2.24, 2.45) is 17.8 Å². The molecule has 1 heterocycles. The summed E-state index contributed by atoms with van der Waals surface area (Å²) in [5.74, 6) is 2.72. The molecule has 2 heteroatoms. The van der Waals surface area contributed by atoms with Gasteiger partial charge in [-0.25, -0.2) is 0 Å². The first-order chi connectivity index (χ1) is 8.13. The highest BCUT2D eigenvalue weighted by atomic mass is 79.9. The smallest absolute Gasteiger partial charge is 0.00338 e. The fourth-order valence-corrected chi connectivity index (χ4v) is 3.59. The molecule has 0 radical (unpaired) electrons. The molecule has 1 aliphatic rings. The number of nitrogens with zero attached hydrogens (tertiary/aromatic N) is 1. The molecule has 0 spiro atoms. The summed E-state index contributed by atoms with van der Waals surface area (Å²) in [5.41, 5.74) is 0. The average Bonchev–Trinajstić information content (AvgIpc) is 2.52. The third-order valence-corrected chi connectivity index (χ3v) is 4.81. The molecule has 0 aromatic rings. The molecule has 102 valence electrons. The summed E-state index contributed by atoms with van der Waals surface area (Å²) < 4.78 is 0. The maximum Gasteiger partial charge on any atom is 0.00338 e. The fraction of sp³-hybridized carbons (Fsp3) is 1.00. The minimum absolute atomic E-state index is 0.874. The van der Waals surface area contributed by atoms with E-state index in [9.17, 15) is 0 Å². The highest BCUT2D eigenvalue weighted by molar-refractivity contribution is 9.09. The van der Waals surface area contributed by atoms with Crippen molar-refractivity contribution in [3.63, 3.8) is 0 Å². The third-order valence-electron chi connectivity index (χ3n) is 4.35. The predicted molar refractivity (Wildman–Crippen MR) is 80.8 cm³/mol. The van der Waals surface area contributed by atoms with Crippen LogP contribution in [0, 0.1) is 17.8 Å². The van der Waals surface area contributed by atoms with Crippen LogP contribution >= 0.6 is 15.9 Å². The first-order valence-corrected chi connectivity index (χ1v) is 8.54. The molecule has 1 fully saturated rings. The van der Waals surface area contributed by atoms with E-state index in [0.717, 1.165) is 23.1 Å². The van der Waals surface area contributed by atoms with Crippen LogP contribution in [0.4, 0.5) is 0 Å². The van der Waals surface area contributed by atoms with E-state index < -0.39 is 0 Å². The van der Waals surface area contributed by atoms with E-state index >= 15 is 0 Å². The molecule has 2 unspecified atom stereocenters. The van der Waals surface area contributed by atoms with Crippen molar-refractivity contribution < 1.29 is 0 Å². The second-order valence-corrected chi connectivity index (χ2v) is 6.94. The zero-order valence-corrected chi connectivity index (χ0v) is 13.5. The van der Waals surface area contributed by atoms with Gasteiger partial charge in [-0.05, 0) is 69.5 Å². The van der Waals surface area contributed by atoms with Gasteiger partial charge < -0.3 is 4.90 Å². The van der Waals surface area contributed by atoms with Crippen molar-refractivity contribution >= 4 is 15.9 Å². The molecule has 1 aliphatic heterocycles. The molecule has 1 rings (SSSR count). The van der Waals surface area contributed by atoms with Crippen molar-refractivity contribution in [3.8, 4) is 0 Å². The van der Waals surface area contributed by atoms with E-state index in [0.29, 0.717) is 0 Å². The number of hydrogen-bond acceptors (Lipinski definition) is 1. The first-order valence-electron chi connectivity index (χ1n) is 7.41. The Balaban J connectivity index is 2.22. The van der Waals surface area contributed by atoms with Crippen LogP contribution in [0.25, 0.3) is 0 Å². The van der Waals surface area contributed by atoms with Crippen molar-refractivity contribution in [2.45, 2.75) is 52.9 Å². The molecule has 1 nitrogen and oxygen atoms in total. The maximum absolute atomic E-state index is 3.54. The Morgan fingerprint density at radius 3 is 2.53 bits per heavy atom. The highest BCUT2D eigenvalue weighted by Gasteiger charge is 2.19. The van der Waals surface area contributed by atoms with Gasteiger partial charge in [0, 0.05) is 5.33 Å². The molecule has 0 aromatic heterocycles. The van der Waals surface area contributed by atoms with E-state index in [-0.39, 0.29) is 0 Å². The van der Waals surface area contributed by atoms with Crippen molar-refractivity contribution in [3.05, 3.63) is 0 Å². The van der Waals surface area contributed by atoms with E-state index in [2.05, 4.69) is 41.6 Å². The average molecular weight is 304 g/mol. The molecule has 0 saturated carbocycles. The largest absolute Gasteiger partial charge is 0.303 e. The van der Waals surface area contributed by atoms with Crippen LogP contribution < -0.4 is 0 Å². The Morgan fingerprint density at radius 1 is 1.12 bits per heavy atom. The summed E-state index contributed by atoms with van der Waals surface area (Å²) in [6.45, 7) is 11.2. The lowest BCUT2D eigenvalue weighted by molar-refractivity contribution is 0.253. The quantitative estimate of drug-likeness (QED) is 0.650. The minimum atomic E-state index is 0.874. The standard InChI is InChI=1S/C15H30BrN/c1-13(2)15-5-4-10-17(12-8-15)11-7-14(3)6-9-16/h13-15H,4-12H2,1-3H3. The Labute approximate surface area is 116 Å². The van der Waals surface area contributed by atoms with Crippen LogP contribution in [0.5, 0.6) is 0 Å². The van der Waals surface area contributed by atoms with Crippen molar-refractivity contribution in [1.29, 1.82) is 0 Å². The lowest BCUT2D eigenvalue weighted by Gasteiger charge is -2.22. The van der Waals surface area contributed by atoms with Gasteiger partial charge in [-0.1, -0.05) is 36.7 Å². The van der Waals surface area contributed by atoms with Gasteiger partial charge in [0.1, 0.15) is 0 Å². The Hall–Kier alpha value is 0.440. The Bertz CT molecular complexity index is 193. The van der Waals surface area contributed by atoms with Gasteiger partial charge in [-0.2, -0.15) is 0 Å². The zero-order valence-electron chi connectivity index (χ0n) is 11.9. The molecule has 2 atom stereocenters. The molecule has 0 N–H and O–H groups in total. The number of likely N-dealkylation sites (tertiary alicyclic amines) is 1. The first kappa shape index (κ1) is 15.5. The summed E-state index contributed by atoms with van der Waals surface area (Å²) in [5, 5.41) is 1.16. The van der Waals surface area contributed by atoms with Gasteiger partial charge in [0.25, 0.3) is 0 Å². The van der Waals surface area contributed by atoms with E-state index in [1.54, 1.807) is 0 Å². The summed E-state index contributed by atoms with van der Waals surface area (Å²) in [6, 6.07) is 0. The zero-order chi connectivity index (χ0) is 12.7. The maximum atomic E-state index is 3.54. The molecular formula is C15H30BrN. The summed E-state index contributed by atoms with van der Waals surface area (Å²) >= 11 is 3.54. The molecule has 0 aliphatic carbocycles. The Kier molecular flexibility index (Phi) is 7.77. The molecule has 0 amide bonds. The van der Waals surface area contributed by atoms with Gasteiger partial charge in [-0.15, -0.1) is 0 Å². The third kappa shape index (κ3) is 6.24. The van der Waals surface area contributed by atoms with Gasteiger partial charge in [0.05, 0.1) is 0 Å². The van der Waals surface area contributed by atoms with Crippen molar-refractivity contribution in [1.82, 2.24) is 4.90 Å². The second-order valence-electron chi connectivity index (χ2n) is 6.15. The minimum Gasteiger partial charge on any atom is -0.303 e. The Morgan fingerprint density at radius 2 is 1.88 bits per heavy atom. The predicted octanol–water partition coefficient (Wildman–Crippen LogP) is 4.56. The molecule has 1 saturated heterocycles. The van der Waals surface area contributed by atoms with Crippen molar-refractivity contribution in [2.75, 3.05) is 25.0 Å². The summed E-state index contributed by atoms with van der Waals surface area (Å²) in [4.78, 5) is 2.70. The summed E-state index contributed by atoms with van der Waals surface area (Å²) in [6.07, 6.45) is 6.98. The molecule has 0 aromatic carbocycles. The van der Waals surface area contributed by atoms with Crippen LogP contribution in [-0.4, -0.2) is 29.9 Å². The number of halogens is 1. The lowest BCUT2D eigenvalue weighted by Crippen LogP contribution is -2.27. The summed E-state index contributed by atoms with van der Waals surface area (Å²) in [7, 11) is 0. The highest BCUT2D eigenvalue weighted by Crippen LogP contribution is 2.24. The van der Waals surface area contributed by atoms with Crippen LogP contribution in [0.1, 0.15) is 52.9 Å². The van der Waals surface area contributed by atoms with Crippen LogP contribution in [0.3, 0.4) is 0 Å². The van der Waals surface area contributed by atoms with Gasteiger partial charge in [0.2, 0.25) is 0 Å². The van der Waals surface area contributed by atoms with Crippen LogP contribution in [0.2, 0.25) is 0 Å². The number of hydrogen-bond donors (Lipinski definition) is 0. The van der Waals surface area contributed by atoms with Gasteiger partial charge >= 0.3 is 0 Å². The molecular weight excluding hydrogens is 274 g/mol.